The van der Waals surface area contributed by atoms with Crippen molar-refractivity contribution >= 4 is 35.0 Å². The molecule has 6 heteroatoms. The van der Waals surface area contributed by atoms with E-state index in [-0.39, 0.29) is 23.9 Å². The van der Waals surface area contributed by atoms with Crippen LogP contribution in [0.5, 0.6) is 0 Å². The van der Waals surface area contributed by atoms with E-state index in [0.29, 0.717) is 21.8 Å². The number of rotatable bonds is 4. The number of hydrogen-bond donors (Lipinski definition) is 1. The molecule has 0 saturated carbocycles. The highest BCUT2D eigenvalue weighted by molar-refractivity contribution is 6.31. The van der Waals surface area contributed by atoms with Crippen molar-refractivity contribution in [3.63, 3.8) is 0 Å². The molecule has 4 rings (SSSR count). The van der Waals surface area contributed by atoms with Crippen LogP contribution < -0.4 is 5.32 Å². The van der Waals surface area contributed by atoms with Crippen LogP contribution in [0.3, 0.4) is 0 Å². The lowest BCUT2D eigenvalue weighted by Crippen LogP contribution is -2.29. The molecule has 0 aliphatic carbocycles. The number of benzene rings is 3. The van der Waals surface area contributed by atoms with Gasteiger partial charge in [-0.2, -0.15) is 0 Å². The Kier molecular flexibility index (Phi) is 4.91. The summed E-state index contributed by atoms with van der Waals surface area (Å²) in [5.74, 6) is -1.13. The maximum Gasteiger partial charge on any atom is 0.261 e. The summed E-state index contributed by atoms with van der Waals surface area (Å²) in [5, 5.41) is 3.35. The van der Waals surface area contributed by atoms with Crippen molar-refractivity contribution in [3.05, 3.63) is 99.6 Å². The zero-order valence-electron chi connectivity index (χ0n) is 15.6. The molecule has 144 valence electrons. The molecule has 1 aliphatic rings. The number of carbonyl (C=O) groups is 3. The van der Waals surface area contributed by atoms with Gasteiger partial charge in [-0.25, -0.2) is 0 Å². The van der Waals surface area contributed by atoms with E-state index in [2.05, 4.69) is 5.32 Å². The van der Waals surface area contributed by atoms with Crippen molar-refractivity contribution in [2.24, 2.45) is 0 Å². The highest BCUT2D eigenvalue weighted by Crippen LogP contribution is 2.27. The number of anilines is 1. The van der Waals surface area contributed by atoms with E-state index in [4.69, 9.17) is 11.6 Å². The van der Waals surface area contributed by atoms with Gasteiger partial charge in [0.25, 0.3) is 17.7 Å². The first kappa shape index (κ1) is 18.9. The number of halogens is 1. The summed E-state index contributed by atoms with van der Waals surface area (Å²) in [6.07, 6.45) is 0. The third-order valence-electron chi connectivity index (χ3n) is 4.93. The molecule has 0 bridgehead atoms. The van der Waals surface area contributed by atoms with Crippen LogP contribution in [-0.4, -0.2) is 22.6 Å². The predicted molar refractivity (Wildman–Crippen MR) is 111 cm³/mol. The molecule has 1 aliphatic heterocycles. The van der Waals surface area contributed by atoms with Crippen molar-refractivity contribution in [2.75, 3.05) is 5.32 Å². The van der Waals surface area contributed by atoms with Crippen LogP contribution >= 0.6 is 11.6 Å². The number of imide groups is 1. The van der Waals surface area contributed by atoms with Gasteiger partial charge in [-0.05, 0) is 48.4 Å². The third-order valence-corrected chi connectivity index (χ3v) is 5.34. The van der Waals surface area contributed by atoms with Gasteiger partial charge >= 0.3 is 0 Å². The van der Waals surface area contributed by atoms with E-state index in [0.717, 1.165) is 11.1 Å². The molecule has 3 amide bonds. The van der Waals surface area contributed by atoms with Gasteiger partial charge in [0.05, 0.1) is 17.7 Å². The van der Waals surface area contributed by atoms with Crippen molar-refractivity contribution < 1.29 is 14.4 Å². The Morgan fingerprint density at radius 3 is 2.41 bits per heavy atom. The molecule has 0 atom stereocenters. The SMILES string of the molecule is Cc1c(Cl)cccc1NC(=O)c1ccc2c(c1)C(=O)N(Cc1ccccc1)C2=O. The van der Waals surface area contributed by atoms with Crippen molar-refractivity contribution in [2.45, 2.75) is 13.5 Å². The highest BCUT2D eigenvalue weighted by atomic mass is 35.5. The summed E-state index contributed by atoms with van der Waals surface area (Å²) in [6.45, 7) is 2.00. The van der Waals surface area contributed by atoms with Gasteiger partial charge in [0, 0.05) is 16.3 Å². The summed E-state index contributed by atoms with van der Waals surface area (Å²) < 4.78 is 0. The maximum absolute atomic E-state index is 12.8. The Morgan fingerprint density at radius 2 is 1.66 bits per heavy atom. The van der Waals surface area contributed by atoms with Gasteiger partial charge < -0.3 is 5.32 Å². The van der Waals surface area contributed by atoms with Gasteiger partial charge in [-0.15, -0.1) is 0 Å². The predicted octanol–water partition coefficient (Wildman–Crippen LogP) is 4.70. The van der Waals surface area contributed by atoms with E-state index in [1.165, 1.54) is 17.0 Å². The highest BCUT2D eigenvalue weighted by Gasteiger charge is 2.36. The molecule has 0 aromatic heterocycles. The second-order valence-corrected chi connectivity index (χ2v) is 7.22. The Bertz CT molecular complexity index is 1140. The summed E-state index contributed by atoms with van der Waals surface area (Å²) in [5.41, 5.74) is 3.05. The Hall–Kier alpha value is -3.44. The van der Waals surface area contributed by atoms with Gasteiger partial charge in [-0.1, -0.05) is 48.0 Å². The minimum Gasteiger partial charge on any atom is -0.322 e. The second-order valence-electron chi connectivity index (χ2n) is 6.81. The van der Waals surface area contributed by atoms with E-state index >= 15 is 0 Å². The average Bonchev–Trinajstić information content (AvgIpc) is 2.96. The fourth-order valence-corrected chi connectivity index (χ4v) is 3.45. The lowest BCUT2D eigenvalue weighted by Gasteiger charge is -2.13. The minimum atomic E-state index is -0.401. The number of fused-ring (bicyclic) bond motifs is 1. The monoisotopic (exact) mass is 404 g/mol. The maximum atomic E-state index is 12.8. The molecule has 0 unspecified atom stereocenters. The van der Waals surface area contributed by atoms with E-state index in [9.17, 15) is 14.4 Å². The largest absolute Gasteiger partial charge is 0.322 e. The van der Waals surface area contributed by atoms with E-state index < -0.39 is 5.91 Å². The standard InChI is InChI=1S/C23H17ClN2O3/c1-14-19(24)8-5-9-20(14)25-21(27)16-10-11-17-18(12-16)23(29)26(22(17)28)13-15-6-3-2-4-7-15/h2-12H,13H2,1H3,(H,25,27). The normalized spacial score (nSPS) is 12.8. The molecular formula is C23H17ClN2O3. The van der Waals surface area contributed by atoms with Crippen molar-refractivity contribution in [1.82, 2.24) is 4.90 Å². The first-order chi connectivity index (χ1) is 14.0. The second kappa shape index (κ2) is 7.53. The van der Waals surface area contributed by atoms with Crippen LogP contribution in [0.1, 0.15) is 42.2 Å². The minimum absolute atomic E-state index is 0.191. The number of carbonyl (C=O) groups excluding carboxylic acids is 3. The summed E-state index contributed by atoms with van der Waals surface area (Å²) >= 11 is 6.10. The van der Waals surface area contributed by atoms with Gasteiger partial charge in [0.2, 0.25) is 0 Å². The number of amides is 3. The van der Waals surface area contributed by atoms with Gasteiger partial charge in [0.1, 0.15) is 0 Å². The fraction of sp³-hybridized carbons (Fsp3) is 0.0870. The molecule has 1 heterocycles. The fourth-order valence-electron chi connectivity index (χ4n) is 3.28. The molecule has 29 heavy (non-hydrogen) atoms. The number of hydrogen-bond acceptors (Lipinski definition) is 3. The molecule has 0 saturated heterocycles. The molecule has 5 nitrogen and oxygen atoms in total. The lowest BCUT2D eigenvalue weighted by atomic mass is 10.0. The molecular weight excluding hydrogens is 388 g/mol. The van der Waals surface area contributed by atoms with Crippen molar-refractivity contribution in [3.8, 4) is 0 Å². The van der Waals surface area contributed by atoms with Crippen molar-refractivity contribution in [1.29, 1.82) is 0 Å². The number of nitrogens with one attached hydrogen (secondary N) is 1. The first-order valence-corrected chi connectivity index (χ1v) is 9.44. The zero-order valence-corrected chi connectivity index (χ0v) is 16.4. The molecule has 3 aromatic rings. The topological polar surface area (TPSA) is 66.5 Å². The van der Waals surface area contributed by atoms with Crippen LogP contribution in [-0.2, 0) is 6.54 Å². The summed E-state index contributed by atoms with van der Waals surface area (Å²) in [7, 11) is 0. The molecule has 1 N–H and O–H groups in total. The first-order valence-electron chi connectivity index (χ1n) is 9.06. The van der Waals surface area contributed by atoms with Crippen LogP contribution in [0.25, 0.3) is 0 Å². The smallest absolute Gasteiger partial charge is 0.261 e. The summed E-state index contributed by atoms with van der Waals surface area (Å²) in [4.78, 5) is 39.3. The lowest BCUT2D eigenvalue weighted by molar-refractivity contribution is 0.0642. The Morgan fingerprint density at radius 1 is 0.931 bits per heavy atom. The van der Waals surface area contributed by atoms with E-state index in [1.807, 2.05) is 37.3 Å². The van der Waals surface area contributed by atoms with E-state index in [1.54, 1.807) is 24.3 Å². The molecule has 0 radical (unpaired) electrons. The van der Waals surface area contributed by atoms with Crippen LogP contribution in [0.15, 0.2) is 66.7 Å². The third kappa shape index (κ3) is 3.52. The van der Waals surface area contributed by atoms with Crippen LogP contribution in [0.2, 0.25) is 5.02 Å². The Balaban J connectivity index is 1.58. The summed E-state index contributed by atoms with van der Waals surface area (Å²) in [6, 6.07) is 19.1. The quantitative estimate of drug-likeness (QED) is 0.641. The van der Waals surface area contributed by atoms with Gasteiger partial charge in [0.15, 0.2) is 0 Å². The molecule has 0 fully saturated rings. The zero-order chi connectivity index (χ0) is 20.5. The molecule has 0 spiro atoms. The average molecular weight is 405 g/mol. The molecule has 3 aromatic carbocycles. The van der Waals surface area contributed by atoms with Crippen LogP contribution in [0, 0.1) is 6.92 Å². The number of nitrogens with zero attached hydrogens (tertiary/aromatic N) is 1. The Labute approximate surface area is 172 Å². The van der Waals surface area contributed by atoms with Crippen LogP contribution in [0.4, 0.5) is 5.69 Å². The van der Waals surface area contributed by atoms with Gasteiger partial charge in [-0.3, -0.25) is 19.3 Å².